The lowest BCUT2D eigenvalue weighted by atomic mass is 10.1. The van der Waals surface area contributed by atoms with Crippen LogP contribution in [0.2, 0.25) is 0 Å². The average molecular weight is 340 g/mol. The summed E-state index contributed by atoms with van der Waals surface area (Å²) in [6.07, 6.45) is -6.41. The fourth-order valence-electron chi connectivity index (χ4n) is 1.68. The van der Waals surface area contributed by atoms with Gasteiger partial charge in [0.05, 0.1) is 5.56 Å². The summed E-state index contributed by atoms with van der Waals surface area (Å²) >= 11 is 0. The number of hydrogen-bond donors (Lipinski definition) is 1. The molecule has 124 valence electrons. The van der Waals surface area contributed by atoms with E-state index in [1.807, 2.05) is 6.92 Å². The van der Waals surface area contributed by atoms with Gasteiger partial charge in [0, 0.05) is 0 Å². The summed E-state index contributed by atoms with van der Waals surface area (Å²) < 4.78 is 71.8. The third kappa shape index (κ3) is 6.02. The maximum atomic E-state index is 12.6. The van der Waals surface area contributed by atoms with Crippen LogP contribution in [0.15, 0.2) is 24.3 Å². The summed E-state index contributed by atoms with van der Waals surface area (Å²) in [4.78, 5) is 11.7. The van der Waals surface area contributed by atoms with Crippen molar-refractivity contribution in [1.82, 2.24) is 0 Å². The number of rotatable bonds is 6. The smallest absolute Gasteiger partial charge is 0.426 e. The van der Waals surface area contributed by atoms with E-state index in [1.54, 1.807) is 12.1 Å². The molecule has 0 saturated carbocycles. The Morgan fingerprint density at radius 1 is 1.27 bits per heavy atom. The lowest BCUT2D eigenvalue weighted by Gasteiger charge is -2.19. The minimum absolute atomic E-state index is 0.135. The van der Waals surface area contributed by atoms with Gasteiger partial charge in [-0.3, -0.25) is 4.55 Å². The van der Waals surface area contributed by atoms with Crippen molar-refractivity contribution in [2.24, 2.45) is 0 Å². The molecule has 0 radical (unpaired) electrons. The lowest BCUT2D eigenvalue weighted by molar-refractivity contribution is -0.197. The zero-order chi connectivity index (χ0) is 17.0. The normalized spacial score (nSPS) is 13.7. The molecule has 1 N–H and O–H groups in total. The Kier molecular flexibility index (Phi) is 5.95. The molecular weight excluding hydrogens is 325 g/mol. The van der Waals surface area contributed by atoms with Gasteiger partial charge in [0.2, 0.25) is 6.10 Å². The lowest BCUT2D eigenvalue weighted by Crippen LogP contribution is -2.39. The molecule has 9 heteroatoms. The van der Waals surface area contributed by atoms with E-state index in [2.05, 4.69) is 4.74 Å². The molecule has 1 unspecified atom stereocenters. The van der Waals surface area contributed by atoms with Crippen LogP contribution in [0.25, 0.3) is 0 Å². The van der Waals surface area contributed by atoms with Gasteiger partial charge in [-0.15, -0.1) is 0 Å². The Hall–Kier alpha value is -1.61. The quantitative estimate of drug-likeness (QED) is 0.636. The second-order valence-electron chi connectivity index (χ2n) is 4.63. The molecule has 0 bridgehead atoms. The maximum absolute atomic E-state index is 12.6. The van der Waals surface area contributed by atoms with E-state index in [-0.39, 0.29) is 5.56 Å². The number of carbonyl (C=O) groups is 1. The van der Waals surface area contributed by atoms with Gasteiger partial charge in [-0.05, 0) is 24.1 Å². The summed E-state index contributed by atoms with van der Waals surface area (Å²) in [5.41, 5.74) is 0.772. The summed E-state index contributed by atoms with van der Waals surface area (Å²) in [6, 6.07) is 5.75. The van der Waals surface area contributed by atoms with Crippen molar-refractivity contribution in [2.75, 3.05) is 5.75 Å². The van der Waals surface area contributed by atoms with Crippen LogP contribution in [-0.2, 0) is 21.3 Å². The highest BCUT2D eigenvalue weighted by molar-refractivity contribution is 7.85. The first kappa shape index (κ1) is 18.4. The highest BCUT2D eigenvalue weighted by Crippen LogP contribution is 2.25. The number of ether oxygens (including phenoxy) is 1. The van der Waals surface area contributed by atoms with Gasteiger partial charge in [-0.25, -0.2) is 4.79 Å². The summed E-state index contributed by atoms with van der Waals surface area (Å²) in [5.74, 6) is -3.05. The van der Waals surface area contributed by atoms with Gasteiger partial charge in [-0.2, -0.15) is 21.6 Å². The molecule has 0 heterocycles. The highest BCUT2D eigenvalue weighted by atomic mass is 32.2. The second kappa shape index (κ2) is 7.10. The van der Waals surface area contributed by atoms with Gasteiger partial charge in [0.15, 0.2) is 0 Å². The van der Waals surface area contributed by atoms with Crippen molar-refractivity contribution < 1.29 is 35.7 Å². The molecule has 0 amide bonds. The van der Waals surface area contributed by atoms with Crippen molar-refractivity contribution in [3.05, 3.63) is 35.4 Å². The van der Waals surface area contributed by atoms with E-state index in [0.717, 1.165) is 18.4 Å². The standard InChI is InChI=1S/C13H15F3O5S/c1-2-3-9-4-6-10(7-5-9)12(17)21-11(13(14,15)16)8-22(18,19)20/h4-7,11H,2-3,8H2,1H3,(H,18,19,20). The molecule has 0 aromatic heterocycles. The minimum Gasteiger partial charge on any atom is -0.448 e. The number of aryl methyl sites for hydroxylation is 1. The van der Waals surface area contributed by atoms with Crippen LogP contribution in [0.3, 0.4) is 0 Å². The fourth-order valence-corrected chi connectivity index (χ4v) is 2.32. The van der Waals surface area contributed by atoms with E-state index in [9.17, 15) is 26.4 Å². The zero-order valence-electron chi connectivity index (χ0n) is 11.6. The third-order valence-electron chi connectivity index (χ3n) is 2.70. The molecule has 0 saturated heterocycles. The molecule has 5 nitrogen and oxygen atoms in total. The van der Waals surface area contributed by atoms with Crippen molar-refractivity contribution in [2.45, 2.75) is 32.0 Å². The van der Waals surface area contributed by atoms with E-state index < -0.39 is 34.1 Å². The first-order valence-electron chi connectivity index (χ1n) is 6.34. The van der Waals surface area contributed by atoms with Crippen molar-refractivity contribution in [3.63, 3.8) is 0 Å². The van der Waals surface area contributed by atoms with Crippen molar-refractivity contribution in [3.8, 4) is 0 Å². The first-order valence-corrected chi connectivity index (χ1v) is 7.95. The first-order chi connectivity index (χ1) is 10.0. The molecule has 0 spiro atoms. The molecule has 1 aromatic rings. The van der Waals surface area contributed by atoms with E-state index in [4.69, 9.17) is 4.55 Å². The molecule has 0 aliphatic carbocycles. The SMILES string of the molecule is CCCc1ccc(C(=O)OC(CS(=O)(=O)O)C(F)(F)F)cc1. The molecule has 1 aromatic carbocycles. The molecule has 1 rings (SSSR count). The van der Waals surface area contributed by atoms with Gasteiger partial charge >= 0.3 is 12.1 Å². The Bertz CT molecular complexity index is 608. The zero-order valence-corrected chi connectivity index (χ0v) is 12.4. The van der Waals surface area contributed by atoms with Crippen LogP contribution in [0, 0.1) is 0 Å². The average Bonchev–Trinajstić information content (AvgIpc) is 2.36. The summed E-state index contributed by atoms with van der Waals surface area (Å²) in [6.45, 7) is 1.95. The predicted octanol–water partition coefficient (Wildman–Crippen LogP) is 2.61. The van der Waals surface area contributed by atoms with E-state index in [1.165, 1.54) is 12.1 Å². The number of alkyl halides is 3. The van der Waals surface area contributed by atoms with E-state index >= 15 is 0 Å². The Morgan fingerprint density at radius 2 is 1.82 bits per heavy atom. The monoisotopic (exact) mass is 340 g/mol. The van der Waals surface area contributed by atoms with Crippen molar-refractivity contribution >= 4 is 16.1 Å². The van der Waals surface area contributed by atoms with Crippen LogP contribution >= 0.6 is 0 Å². The number of esters is 1. The van der Waals surface area contributed by atoms with Crippen LogP contribution in [0.5, 0.6) is 0 Å². The molecular formula is C13H15F3O5S. The molecule has 0 aliphatic heterocycles. The molecule has 0 aliphatic rings. The van der Waals surface area contributed by atoms with Gasteiger partial charge in [-0.1, -0.05) is 25.5 Å². The second-order valence-corrected chi connectivity index (χ2v) is 6.13. The van der Waals surface area contributed by atoms with Gasteiger partial charge in [0.1, 0.15) is 5.75 Å². The van der Waals surface area contributed by atoms with Crippen LogP contribution in [0.4, 0.5) is 13.2 Å². The largest absolute Gasteiger partial charge is 0.448 e. The van der Waals surface area contributed by atoms with Crippen LogP contribution in [-0.4, -0.2) is 37.0 Å². The van der Waals surface area contributed by atoms with E-state index in [0.29, 0.717) is 0 Å². The highest BCUT2D eigenvalue weighted by Gasteiger charge is 2.45. The van der Waals surface area contributed by atoms with Crippen molar-refractivity contribution in [1.29, 1.82) is 0 Å². The summed E-state index contributed by atoms with van der Waals surface area (Å²) in [7, 11) is -4.95. The Morgan fingerprint density at radius 3 is 2.23 bits per heavy atom. The number of halogens is 3. The predicted molar refractivity (Wildman–Crippen MR) is 72.1 cm³/mol. The molecule has 1 atom stereocenters. The van der Waals surface area contributed by atoms with Crippen LogP contribution < -0.4 is 0 Å². The number of benzene rings is 1. The number of hydrogen-bond acceptors (Lipinski definition) is 4. The molecule has 0 fully saturated rings. The topological polar surface area (TPSA) is 80.7 Å². The fraction of sp³-hybridized carbons (Fsp3) is 0.462. The molecule has 22 heavy (non-hydrogen) atoms. The number of carbonyl (C=O) groups excluding carboxylic acids is 1. The Labute approximate surface area is 125 Å². The Balaban J connectivity index is 2.86. The van der Waals surface area contributed by atoms with Crippen LogP contribution in [0.1, 0.15) is 29.3 Å². The maximum Gasteiger partial charge on any atom is 0.426 e. The minimum atomic E-state index is -5.10. The van der Waals surface area contributed by atoms with Gasteiger partial charge in [0.25, 0.3) is 10.1 Å². The summed E-state index contributed by atoms with van der Waals surface area (Å²) in [5, 5.41) is 0. The third-order valence-corrected chi connectivity index (χ3v) is 3.43. The van der Waals surface area contributed by atoms with Gasteiger partial charge < -0.3 is 4.74 Å².